The first-order chi connectivity index (χ1) is 8.90. The van der Waals surface area contributed by atoms with Crippen LogP contribution >= 0.6 is 15.9 Å². The predicted octanol–water partition coefficient (Wildman–Crippen LogP) is 4.39. The van der Waals surface area contributed by atoms with Gasteiger partial charge in [-0.05, 0) is 64.2 Å². The second kappa shape index (κ2) is 5.39. The van der Waals surface area contributed by atoms with Crippen LogP contribution in [0.4, 0.5) is 8.78 Å². The van der Waals surface area contributed by atoms with Crippen molar-refractivity contribution in [2.24, 2.45) is 5.73 Å². The SMILES string of the molecule is Cc1cc(C(N)c2ccc(F)c(Br)c2)cc(C)c1F. The second-order valence-corrected chi connectivity index (χ2v) is 5.47. The molecule has 0 heterocycles. The topological polar surface area (TPSA) is 26.0 Å². The highest BCUT2D eigenvalue weighted by Gasteiger charge is 2.13. The van der Waals surface area contributed by atoms with Crippen LogP contribution in [0.3, 0.4) is 0 Å². The average molecular weight is 326 g/mol. The Morgan fingerprint density at radius 1 is 1.00 bits per heavy atom. The molecule has 2 rings (SSSR count). The monoisotopic (exact) mass is 325 g/mol. The molecule has 2 aromatic carbocycles. The van der Waals surface area contributed by atoms with Crippen LogP contribution in [-0.4, -0.2) is 0 Å². The molecular formula is C15H14BrF2N. The Bertz CT molecular complexity index is 603. The normalized spacial score (nSPS) is 12.5. The summed E-state index contributed by atoms with van der Waals surface area (Å²) in [5.74, 6) is -0.543. The summed E-state index contributed by atoms with van der Waals surface area (Å²) in [4.78, 5) is 0. The van der Waals surface area contributed by atoms with Crippen molar-refractivity contribution >= 4 is 15.9 Å². The lowest BCUT2D eigenvalue weighted by atomic mass is 9.96. The van der Waals surface area contributed by atoms with Gasteiger partial charge in [0.1, 0.15) is 11.6 Å². The minimum absolute atomic E-state index is 0.212. The zero-order chi connectivity index (χ0) is 14.2. The third-order valence-electron chi connectivity index (χ3n) is 3.12. The molecule has 2 aromatic rings. The Morgan fingerprint density at radius 2 is 1.58 bits per heavy atom. The summed E-state index contributed by atoms with van der Waals surface area (Å²) in [7, 11) is 0. The summed E-state index contributed by atoms with van der Waals surface area (Å²) in [6, 6.07) is 7.69. The van der Waals surface area contributed by atoms with Gasteiger partial charge in [-0.3, -0.25) is 0 Å². The van der Waals surface area contributed by atoms with E-state index in [1.54, 1.807) is 38.1 Å². The molecule has 2 N–H and O–H groups in total. The largest absolute Gasteiger partial charge is 0.320 e. The van der Waals surface area contributed by atoms with Gasteiger partial charge in [0.25, 0.3) is 0 Å². The lowest BCUT2D eigenvalue weighted by Crippen LogP contribution is -2.13. The van der Waals surface area contributed by atoms with E-state index in [0.29, 0.717) is 15.6 Å². The van der Waals surface area contributed by atoms with Crippen molar-refractivity contribution in [2.45, 2.75) is 19.9 Å². The van der Waals surface area contributed by atoms with E-state index in [0.717, 1.165) is 11.1 Å². The van der Waals surface area contributed by atoms with Crippen LogP contribution in [0.1, 0.15) is 28.3 Å². The van der Waals surface area contributed by atoms with Gasteiger partial charge >= 0.3 is 0 Å². The maximum absolute atomic E-state index is 13.6. The van der Waals surface area contributed by atoms with E-state index in [2.05, 4.69) is 15.9 Å². The molecule has 0 amide bonds. The fourth-order valence-corrected chi connectivity index (χ4v) is 2.45. The summed E-state index contributed by atoms with van der Waals surface area (Å²) in [6.45, 7) is 3.41. The van der Waals surface area contributed by atoms with E-state index in [4.69, 9.17) is 5.73 Å². The Morgan fingerprint density at radius 3 is 2.11 bits per heavy atom. The van der Waals surface area contributed by atoms with Gasteiger partial charge < -0.3 is 5.73 Å². The third-order valence-corrected chi connectivity index (χ3v) is 3.73. The van der Waals surface area contributed by atoms with Gasteiger partial charge in [-0.1, -0.05) is 18.2 Å². The zero-order valence-corrected chi connectivity index (χ0v) is 12.3. The summed E-state index contributed by atoms with van der Waals surface area (Å²) < 4.78 is 27.2. The Hall–Kier alpha value is -1.26. The number of aryl methyl sites for hydroxylation is 2. The van der Waals surface area contributed by atoms with Gasteiger partial charge in [0.05, 0.1) is 10.5 Å². The Labute approximate surface area is 119 Å². The molecule has 1 nitrogen and oxygen atoms in total. The number of nitrogens with two attached hydrogens (primary N) is 1. The molecule has 0 aromatic heterocycles. The molecule has 0 saturated carbocycles. The number of benzene rings is 2. The van der Waals surface area contributed by atoms with Crippen molar-refractivity contribution in [3.8, 4) is 0 Å². The van der Waals surface area contributed by atoms with Crippen LogP contribution in [-0.2, 0) is 0 Å². The van der Waals surface area contributed by atoms with E-state index < -0.39 is 6.04 Å². The third kappa shape index (κ3) is 2.85. The first-order valence-corrected chi connectivity index (χ1v) is 6.66. The van der Waals surface area contributed by atoms with Crippen molar-refractivity contribution < 1.29 is 8.78 Å². The fourth-order valence-electron chi connectivity index (χ4n) is 2.06. The summed E-state index contributed by atoms with van der Waals surface area (Å²) in [5.41, 5.74) is 8.87. The minimum Gasteiger partial charge on any atom is -0.320 e. The van der Waals surface area contributed by atoms with Gasteiger partial charge in [-0.2, -0.15) is 0 Å². The average Bonchev–Trinajstić information content (AvgIpc) is 2.37. The minimum atomic E-state index is -0.408. The van der Waals surface area contributed by atoms with Crippen LogP contribution in [0.25, 0.3) is 0 Å². The quantitative estimate of drug-likeness (QED) is 0.870. The standard InChI is InChI=1S/C15H14BrF2N/c1-8-5-11(6-9(2)14(8)18)15(19)10-3-4-13(17)12(16)7-10/h3-7,15H,19H2,1-2H3. The lowest BCUT2D eigenvalue weighted by molar-refractivity contribution is 0.607. The molecule has 0 aliphatic heterocycles. The van der Waals surface area contributed by atoms with Crippen LogP contribution < -0.4 is 5.73 Å². The van der Waals surface area contributed by atoms with Crippen molar-refractivity contribution in [1.82, 2.24) is 0 Å². The molecule has 4 heteroatoms. The van der Waals surface area contributed by atoms with E-state index in [9.17, 15) is 8.78 Å². The highest BCUT2D eigenvalue weighted by atomic mass is 79.9. The molecule has 100 valence electrons. The van der Waals surface area contributed by atoms with Gasteiger partial charge in [0, 0.05) is 0 Å². The maximum atomic E-state index is 13.6. The molecule has 0 aliphatic carbocycles. The molecule has 1 unspecified atom stereocenters. The van der Waals surface area contributed by atoms with Crippen LogP contribution in [0, 0.1) is 25.5 Å². The number of hydrogen-bond acceptors (Lipinski definition) is 1. The van der Waals surface area contributed by atoms with E-state index >= 15 is 0 Å². The second-order valence-electron chi connectivity index (χ2n) is 4.62. The predicted molar refractivity (Wildman–Crippen MR) is 76.0 cm³/mol. The smallest absolute Gasteiger partial charge is 0.137 e. The Kier molecular flexibility index (Phi) is 4.02. The molecule has 0 aliphatic rings. The molecule has 0 fully saturated rings. The molecule has 0 bridgehead atoms. The first-order valence-electron chi connectivity index (χ1n) is 5.87. The van der Waals surface area contributed by atoms with E-state index in [-0.39, 0.29) is 11.6 Å². The molecule has 19 heavy (non-hydrogen) atoms. The van der Waals surface area contributed by atoms with Gasteiger partial charge in [0.2, 0.25) is 0 Å². The number of rotatable bonds is 2. The van der Waals surface area contributed by atoms with Crippen LogP contribution in [0.2, 0.25) is 0 Å². The molecular weight excluding hydrogens is 312 g/mol. The van der Waals surface area contributed by atoms with Gasteiger partial charge in [-0.15, -0.1) is 0 Å². The van der Waals surface area contributed by atoms with Crippen molar-refractivity contribution in [1.29, 1.82) is 0 Å². The van der Waals surface area contributed by atoms with Crippen molar-refractivity contribution in [3.63, 3.8) is 0 Å². The highest BCUT2D eigenvalue weighted by Crippen LogP contribution is 2.26. The number of hydrogen-bond donors (Lipinski definition) is 1. The van der Waals surface area contributed by atoms with E-state index in [1.807, 2.05) is 0 Å². The number of halogens is 3. The van der Waals surface area contributed by atoms with Crippen molar-refractivity contribution in [2.75, 3.05) is 0 Å². The van der Waals surface area contributed by atoms with E-state index in [1.165, 1.54) is 6.07 Å². The molecule has 1 atom stereocenters. The molecule has 0 radical (unpaired) electrons. The van der Waals surface area contributed by atoms with Gasteiger partial charge in [0.15, 0.2) is 0 Å². The first kappa shape index (κ1) is 14.2. The van der Waals surface area contributed by atoms with Gasteiger partial charge in [-0.25, -0.2) is 8.78 Å². The summed E-state index contributed by atoms with van der Waals surface area (Å²) >= 11 is 3.14. The van der Waals surface area contributed by atoms with Crippen molar-refractivity contribution in [3.05, 3.63) is 68.7 Å². The highest BCUT2D eigenvalue weighted by molar-refractivity contribution is 9.10. The fraction of sp³-hybridized carbons (Fsp3) is 0.200. The molecule has 0 saturated heterocycles. The Balaban J connectivity index is 2.43. The zero-order valence-electron chi connectivity index (χ0n) is 10.7. The summed E-state index contributed by atoms with van der Waals surface area (Å²) in [6.07, 6.45) is 0. The molecule has 0 spiro atoms. The summed E-state index contributed by atoms with van der Waals surface area (Å²) in [5, 5.41) is 0. The maximum Gasteiger partial charge on any atom is 0.137 e. The van der Waals surface area contributed by atoms with Crippen LogP contribution in [0.15, 0.2) is 34.8 Å². The van der Waals surface area contributed by atoms with Crippen LogP contribution in [0.5, 0.6) is 0 Å². The lowest BCUT2D eigenvalue weighted by Gasteiger charge is -2.15.